The third kappa shape index (κ3) is 7.78. The van der Waals surface area contributed by atoms with E-state index in [2.05, 4.69) is 0 Å². The fraction of sp³-hybridized carbons (Fsp3) is 1.00. The second-order valence-electron chi connectivity index (χ2n) is 2.46. The van der Waals surface area contributed by atoms with E-state index in [9.17, 15) is 0 Å². The molecule has 0 saturated heterocycles. The molecule has 0 bridgehead atoms. The highest BCUT2D eigenvalue weighted by Crippen LogP contribution is 1.96. The highest BCUT2D eigenvalue weighted by atomic mass is 16.5. The number of ether oxygens (including phenoxy) is 3. The Morgan fingerprint density at radius 3 is 2.18 bits per heavy atom. The highest BCUT2D eigenvalue weighted by Gasteiger charge is 1.99. The topological polar surface area (TPSA) is 27.7 Å². The third-order valence-corrected chi connectivity index (χ3v) is 1.42. The van der Waals surface area contributed by atoms with Gasteiger partial charge in [0.15, 0.2) is 0 Å². The van der Waals surface area contributed by atoms with Gasteiger partial charge in [-0.05, 0) is 13.3 Å². The van der Waals surface area contributed by atoms with Crippen LogP contribution >= 0.6 is 0 Å². The summed E-state index contributed by atoms with van der Waals surface area (Å²) >= 11 is 0. The van der Waals surface area contributed by atoms with Crippen LogP contribution in [0.1, 0.15) is 13.3 Å². The first-order chi connectivity index (χ1) is 5.31. The number of hydrogen-bond acceptors (Lipinski definition) is 3. The van der Waals surface area contributed by atoms with Gasteiger partial charge in [0.25, 0.3) is 0 Å². The Morgan fingerprint density at radius 2 is 1.64 bits per heavy atom. The molecule has 0 aliphatic carbocycles. The van der Waals surface area contributed by atoms with Crippen LogP contribution in [-0.4, -0.2) is 40.1 Å². The number of hydrogen-bond donors (Lipinski definition) is 0. The molecule has 0 rings (SSSR count). The van der Waals surface area contributed by atoms with E-state index in [1.807, 2.05) is 6.92 Å². The van der Waals surface area contributed by atoms with Gasteiger partial charge in [0.1, 0.15) is 0 Å². The van der Waals surface area contributed by atoms with Crippen LogP contribution in [-0.2, 0) is 14.2 Å². The standard InChI is InChI=1S/C8H18O3/c1-8(4-5-9-2)11-7-6-10-3/h8H,4-7H2,1-3H3. The van der Waals surface area contributed by atoms with Crippen molar-refractivity contribution in [1.29, 1.82) is 0 Å². The Kier molecular flexibility index (Phi) is 7.89. The summed E-state index contributed by atoms with van der Waals surface area (Å²) in [5.41, 5.74) is 0. The molecule has 1 atom stereocenters. The number of rotatable bonds is 7. The molecule has 0 heterocycles. The molecule has 0 N–H and O–H groups in total. The largest absolute Gasteiger partial charge is 0.385 e. The van der Waals surface area contributed by atoms with Crippen molar-refractivity contribution in [1.82, 2.24) is 0 Å². The van der Waals surface area contributed by atoms with Crippen LogP contribution in [0.3, 0.4) is 0 Å². The lowest BCUT2D eigenvalue weighted by molar-refractivity contribution is 0.0113. The molecule has 68 valence electrons. The predicted octanol–water partition coefficient (Wildman–Crippen LogP) is 1.07. The van der Waals surface area contributed by atoms with E-state index in [1.54, 1.807) is 14.2 Å². The summed E-state index contributed by atoms with van der Waals surface area (Å²) in [4.78, 5) is 0. The van der Waals surface area contributed by atoms with Crippen molar-refractivity contribution in [3.05, 3.63) is 0 Å². The molecule has 0 amide bonds. The molecule has 0 aromatic rings. The molecule has 3 nitrogen and oxygen atoms in total. The van der Waals surface area contributed by atoms with Crippen LogP contribution in [0.2, 0.25) is 0 Å². The van der Waals surface area contributed by atoms with Gasteiger partial charge in [0, 0.05) is 20.8 Å². The average molecular weight is 162 g/mol. The van der Waals surface area contributed by atoms with Gasteiger partial charge in [-0.25, -0.2) is 0 Å². The van der Waals surface area contributed by atoms with Gasteiger partial charge in [-0.1, -0.05) is 0 Å². The minimum absolute atomic E-state index is 0.269. The molecule has 3 heteroatoms. The Hall–Kier alpha value is -0.120. The average Bonchev–Trinajstić information content (AvgIpc) is 2.01. The van der Waals surface area contributed by atoms with Crippen LogP contribution in [0, 0.1) is 0 Å². The van der Waals surface area contributed by atoms with Crippen molar-refractivity contribution >= 4 is 0 Å². The van der Waals surface area contributed by atoms with Gasteiger partial charge in [-0.3, -0.25) is 0 Å². The van der Waals surface area contributed by atoms with Gasteiger partial charge in [0.2, 0.25) is 0 Å². The first-order valence-corrected chi connectivity index (χ1v) is 3.90. The number of methoxy groups -OCH3 is 2. The summed E-state index contributed by atoms with van der Waals surface area (Å²) in [6.45, 7) is 4.13. The smallest absolute Gasteiger partial charge is 0.0703 e. The quantitative estimate of drug-likeness (QED) is 0.524. The lowest BCUT2D eigenvalue weighted by Gasteiger charge is -2.11. The SMILES string of the molecule is COCCOC(C)CCOC. The maximum absolute atomic E-state index is 5.38. The van der Waals surface area contributed by atoms with Gasteiger partial charge < -0.3 is 14.2 Å². The summed E-state index contributed by atoms with van der Waals surface area (Å²) in [6, 6.07) is 0. The van der Waals surface area contributed by atoms with Crippen LogP contribution in [0.5, 0.6) is 0 Å². The Labute approximate surface area is 68.6 Å². The Morgan fingerprint density at radius 1 is 1.00 bits per heavy atom. The van der Waals surface area contributed by atoms with Crippen LogP contribution in [0.25, 0.3) is 0 Å². The van der Waals surface area contributed by atoms with Crippen molar-refractivity contribution in [2.24, 2.45) is 0 Å². The molecule has 1 unspecified atom stereocenters. The zero-order valence-corrected chi connectivity index (χ0v) is 7.63. The third-order valence-electron chi connectivity index (χ3n) is 1.42. The van der Waals surface area contributed by atoms with Crippen LogP contribution < -0.4 is 0 Å². The van der Waals surface area contributed by atoms with Gasteiger partial charge in [-0.15, -0.1) is 0 Å². The minimum atomic E-state index is 0.269. The van der Waals surface area contributed by atoms with E-state index in [0.29, 0.717) is 13.2 Å². The first-order valence-electron chi connectivity index (χ1n) is 3.90. The fourth-order valence-corrected chi connectivity index (χ4v) is 0.700. The first kappa shape index (κ1) is 10.9. The molecule has 0 spiro atoms. The minimum Gasteiger partial charge on any atom is -0.385 e. The zero-order valence-electron chi connectivity index (χ0n) is 7.63. The molecular weight excluding hydrogens is 144 g/mol. The van der Waals surface area contributed by atoms with Crippen LogP contribution in [0.15, 0.2) is 0 Å². The lowest BCUT2D eigenvalue weighted by Crippen LogP contribution is -2.14. The second kappa shape index (κ2) is 7.98. The fourth-order valence-electron chi connectivity index (χ4n) is 0.700. The summed E-state index contributed by atoms with van der Waals surface area (Å²) in [6.07, 6.45) is 1.21. The zero-order chi connectivity index (χ0) is 8.53. The van der Waals surface area contributed by atoms with Crippen molar-refractivity contribution in [3.63, 3.8) is 0 Å². The normalized spacial score (nSPS) is 13.4. The van der Waals surface area contributed by atoms with E-state index >= 15 is 0 Å². The van der Waals surface area contributed by atoms with Crippen molar-refractivity contribution < 1.29 is 14.2 Å². The van der Waals surface area contributed by atoms with E-state index in [1.165, 1.54) is 0 Å². The summed E-state index contributed by atoms with van der Waals surface area (Å²) in [5.74, 6) is 0. The second-order valence-corrected chi connectivity index (χ2v) is 2.46. The Balaban J connectivity index is 3.02. The molecule has 0 radical (unpaired) electrons. The summed E-state index contributed by atoms with van der Waals surface area (Å²) in [7, 11) is 3.37. The van der Waals surface area contributed by atoms with E-state index in [0.717, 1.165) is 13.0 Å². The van der Waals surface area contributed by atoms with Gasteiger partial charge >= 0.3 is 0 Å². The highest BCUT2D eigenvalue weighted by molar-refractivity contribution is 4.48. The molecular formula is C8H18O3. The summed E-state index contributed by atoms with van der Waals surface area (Å²) < 4.78 is 15.1. The monoisotopic (exact) mass is 162 g/mol. The van der Waals surface area contributed by atoms with E-state index < -0.39 is 0 Å². The molecule has 0 aliphatic rings. The Bertz CT molecular complexity index is 75.7. The molecule has 0 saturated carbocycles. The molecule has 0 fully saturated rings. The predicted molar refractivity (Wildman–Crippen MR) is 43.8 cm³/mol. The van der Waals surface area contributed by atoms with Gasteiger partial charge in [0.05, 0.1) is 19.3 Å². The molecule has 0 aromatic heterocycles. The maximum Gasteiger partial charge on any atom is 0.0703 e. The molecule has 0 aromatic carbocycles. The van der Waals surface area contributed by atoms with Crippen molar-refractivity contribution in [3.8, 4) is 0 Å². The lowest BCUT2D eigenvalue weighted by atomic mass is 10.3. The maximum atomic E-state index is 5.38. The summed E-state index contributed by atoms with van der Waals surface area (Å²) in [5, 5.41) is 0. The van der Waals surface area contributed by atoms with Gasteiger partial charge in [-0.2, -0.15) is 0 Å². The van der Waals surface area contributed by atoms with Crippen molar-refractivity contribution in [2.75, 3.05) is 34.0 Å². The molecule has 0 aliphatic heterocycles. The molecule has 11 heavy (non-hydrogen) atoms. The van der Waals surface area contributed by atoms with E-state index in [4.69, 9.17) is 14.2 Å². The van der Waals surface area contributed by atoms with Crippen LogP contribution in [0.4, 0.5) is 0 Å². The van der Waals surface area contributed by atoms with E-state index in [-0.39, 0.29) is 6.10 Å². The van der Waals surface area contributed by atoms with Crippen molar-refractivity contribution in [2.45, 2.75) is 19.4 Å².